The average molecular weight is 1480 g/mol. The van der Waals surface area contributed by atoms with Gasteiger partial charge in [-0.1, -0.05) is 192 Å². The maximum Gasteiger partial charge on any atom is 0.259 e. The Morgan fingerprint density at radius 3 is 1.09 bits per heavy atom. The van der Waals surface area contributed by atoms with Crippen LogP contribution in [0.3, 0.4) is 0 Å². The minimum Gasteiger partial charge on any atom is -0.492 e. The third-order valence-corrected chi connectivity index (χ3v) is 24.0. The number of carbonyl (C=O) groups is 3. The molecular formula is C94H116N12O4. The van der Waals surface area contributed by atoms with Crippen LogP contribution in [0.15, 0.2) is 194 Å². The van der Waals surface area contributed by atoms with E-state index in [1.165, 1.54) is 73.6 Å². The first kappa shape index (κ1) is 78.5. The standard InChI is InChI=1S/C39H47N5O.C28H33N3O2.C25H28N4O.2CH4/c45-39-37-36(29-44(39)26-20-31-18-24-43(25-19-31)28-33-11-5-2-6-12-33)41-35-14-8-7-13-34(35)38(37)40-21-15-30-16-22-42(23-17-30)27-32-9-3-1-4-10-32;1-2-18-33-27-23-10-6-7-11-24(23)29-25-20-31(28(32)26(25)27)17-14-21-12-15-30(16-13-21)19-22-8-4-3-5-9-22;26-24-20-8-4-5-9-21(20)27-22-17-29(25(30)23(22)24)15-12-18-10-13-28(14-11-18)16-19-6-2-1-3-7-19;;/h1-14,30-31H,15-29H2,(H,40,41);3-11,21H,2,12-20H2,1H3;1-9,18H,10-17H2,(H2,26,27);2*1H4. The minimum absolute atomic E-state index is 0. The van der Waals surface area contributed by atoms with E-state index in [1.54, 1.807) is 0 Å². The van der Waals surface area contributed by atoms with Crippen molar-refractivity contribution in [2.75, 3.05) is 96.2 Å². The van der Waals surface area contributed by atoms with Crippen molar-refractivity contribution in [3.05, 3.63) is 250 Å². The van der Waals surface area contributed by atoms with Crippen molar-refractivity contribution in [1.82, 2.24) is 49.3 Å². The molecule has 4 saturated heterocycles. The van der Waals surface area contributed by atoms with Gasteiger partial charge in [0.2, 0.25) is 0 Å². The van der Waals surface area contributed by atoms with E-state index in [0.717, 1.165) is 210 Å². The van der Waals surface area contributed by atoms with E-state index in [9.17, 15) is 14.4 Å². The number of ether oxygens (including phenoxy) is 1. The number of fused-ring (bicyclic) bond motifs is 6. The molecule has 10 heterocycles. The number of nitrogen functional groups attached to an aromatic ring is 1. The molecule has 0 radical (unpaired) electrons. The van der Waals surface area contributed by atoms with E-state index >= 15 is 0 Å². The van der Waals surface area contributed by atoms with Crippen LogP contribution in [0.25, 0.3) is 32.7 Å². The molecule has 16 heteroatoms. The second kappa shape index (κ2) is 37.9. The van der Waals surface area contributed by atoms with Crippen LogP contribution in [0.1, 0.15) is 176 Å². The molecule has 0 spiro atoms. The van der Waals surface area contributed by atoms with E-state index in [-0.39, 0.29) is 32.6 Å². The molecule has 10 aromatic rings. The molecule has 16 nitrogen and oxygen atoms in total. The van der Waals surface area contributed by atoms with Crippen molar-refractivity contribution in [2.45, 2.75) is 151 Å². The van der Waals surface area contributed by atoms with Crippen molar-refractivity contribution in [1.29, 1.82) is 0 Å². The zero-order chi connectivity index (χ0) is 73.6. The number of nitrogens with two attached hydrogens (primary N) is 1. The third kappa shape index (κ3) is 19.2. The van der Waals surface area contributed by atoms with Crippen molar-refractivity contribution in [2.24, 2.45) is 23.7 Å². The molecule has 7 aromatic carbocycles. The fourth-order valence-corrected chi connectivity index (χ4v) is 17.6. The van der Waals surface area contributed by atoms with Gasteiger partial charge in [0.05, 0.1) is 82.4 Å². The molecule has 3 aromatic heterocycles. The molecule has 0 bridgehead atoms. The first-order valence-corrected chi connectivity index (χ1v) is 40.4. The zero-order valence-electron chi connectivity index (χ0n) is 63.3. The van der Waals surface area contributed by atoms with Gasteiger partial charge in [-0.3, -0.25) is 34.0 Å². The highest BCUT2D eigenvalue weighted by atomic mass is 16.5. The molecular weight excluding hydrogens is 1360 g/mol. The van der Waals surface area contributed by atoms with Gasteiger partial charge < -0.3 is 30.5 Å². The Labute approximate surface area is 653 Å². The molecule has 0 atom stereocenters. The van der Waals surface area contributed by atoms with Gasteiger partial charge >= 0.3 is 0 Å². The number of pyridine rings is 3. The van der Waals surface area contributed by atoms with Crippen LogP contribution in [0.5, 0.6) is 5.75 Å². The second-order valence-electron chi connectivity index (χ2n) is 31.4. The average Bonchev–Trinajstić information content (AvgIpc) is 1.60. The number of nitrogens with one attached hydrogen (secondary N) is 1. The Morgan fingerprint density at radius 1 is 0.382 bits per heavy atom. The van der Waals surface area contributed by atoms with Crippen LogP contribution in [-0.2, 0) is 45.8 Å². The number of amides is 3. The van der Waals surface area contributed by atoms with E-state index in [4.69, 9.17) is 25.4 Å². The van der Waals surface area contributed by atoms with Gasteiger partial charge in [-0.05, 0) is 206 Å². The number of piperidine rings is 4. The van der Waals surface area contributed by atoms with Gasteiger partial charge in [-0.15, -0.1) is 0 Å². The molecule has 0 saturated carbocycles. The number of benzene rings is 7. The summed E-state index contributed by atoms with van der Waals surface area (Å²) in [5.41, 5.74) is 21.0. The van der Waals surface area contributed by atoms with Crippen LogP contribution < -0.4 is 15.8 Å². The lowest BCUT2D eigenvalue weighted by atomic mass is 9.93. The molecule has 110 heavy (non-hydrogen) atoms. The Balaban J connectivity index is 0.000000147. The fraction of sp³-hybridized carbons (Fsp3) is 0.426. The SMILES string of the molecule is C.C.CCCOc1c2c(nc3ccccc13)CN(CCC1CCN(Cc3ccccc3)CC1)C2=O.Nc1c2c(nc3ccccc13)CN(CCC1CCN(Cc3ccccc3)CC1)C2=O.O=C1c2c(nc3ccccc3c2NCCC2CCN(Cc3ccccc3)CC2)CN1CCC1CCN(Cc2ccccc2)CC1. The predicted molar refractivity (Wildman–Crippen MR) is 448 cm³/mol. The van der Waals surface area contributed by atoms with Gasteiger partial charge in [0.1, 0.15) is 11.3 Å². The highest BCUT2D eigenvalue weighted by Crippen LogP contribution is 2.40. The molecule has 3 N–H and O–H groups in total. The number of anilines is 2. The van der Waals surface area contributed by atoms with Crippen LogP contribution >= 0.6 is 0 Å². The van der Waals surface area contributed by atoms with E-state index in [0.29, 0.717) is 60.8 Å². The second-order valence-corrected chi connectivity index (χ2v) is 31.4. The van der Waals surface area contributed by atoms with Crippen LogP contribution in [-0.4, -0.2) is 152 Å². The van der Waals surface area contributed by atoms with Gasteiger partial charge in [0.15, 0.2) is 0 Å². The Bertz CT molecular complexity index is 4650. The van der Waals surface area contributed by atoms with E-state index < -0.39 is 0 Å². The molecule has 17 rings (SSSR count). The Kier molecular flexibility index (Phi) is 27.1. The lowest BCUT2D eigenvalue weighted by Gasteiger charge is -2.32. The van der Waals surface area contributed by atoms with Gasteiger partial charge in [-0.25, -0.2) is 15.0 Å². The lowest BCUT2D eigenvalue weighted by molar-refractivity contribution is 0.0747. The number of nitrogens with zero attached hydrogens (tertiary/aromatic N) is 10. The van der Waals surface area contributed by atoms with Crippen molar-refractivity contribution >= 4 is 61.8 Å². The van der Waals surface area contributed by atoms with E-state index in [2.05, 4.69) is 176 Å². The summed E-state index contributed by atoms with van der Waals surface area (Å²) < 4.78 is 6.09. The molecule has 4 fully saturated rings. The Morgan fingerprint density at radius 2 is 0.691 bits per heavy atom. The Hall–Kier alpha value is -9.58. The molecule has 0 aliphatic carbocycles. The molecule has 7 aliphatic rings. The fourth-order valence-electron chi connectivity index (χ4n) is 17.6. The number of hydrogen-bond acceptors (Lipinski definition) is 13. The summed E-state index contributed by atoms with van der Waals surface area (Å²) in [7, 11) is 0. The predicted octanol–water partition coefficient (Wildman–Crippen LogP) is 17.8. The normalized spacial score (nSPS) is 17.5. The monoisotopic (exact) mass is 1480 g/mol. The van der Waals surface area contributed by atoms with Crippen LogP contribution in [0.2, 0.25) is 0 Å². The smallest absolute Gasteiger partial charge is 0.259 e. The summed E-state index contributed by atoms with van der Waals surface area (Å²) in [4.78, 5) is 71.0. The summed E-state index contributed by atoms with van der Waals surface area (Å²) in [6.07, 6.45) is 14.9. The summed E-state index contributed by atoms with van der Waals surface area (Å²) >= 11 is 0. The maximum atomic E-state index is 13.9. The number of rotatable bonds is 24. The van der Waals surface area contributed by atoms with E-state index in [1.807, 2.05) is 64.4 Å². The summed E-state index contributed by atoms with van der Waals surface area (Å²) in [5, 5.41) is 6.63. The van der Waals surface area contributed by atoms with Crippen molar-refractivity contribution in [3.63, 3.8) is 0 Å². The number of aromatic nitrogens is 3. The minimum atomic E-state index is 0. The van der Waals surface area contributed by atoms with Crippen molar-refractivity contribution in [3.8, 4) is 5.75 Å². The molecule has 7 aliphatic heterocycles. The molecule has 0 unspecified atom stereocenters. The molecule has 576 valence electrons. The largest absolute Gasteiger partial charge is 0.492 e. The number of carbonyl (C=O) groups excluding carboxylic acids is 3. The third-order valence-electron chi connectivity index (χ3n) is 24.0. The quantitative estimate of drug-likeness (QED) is 0.0589. The summed E-state index contributed by atoms with van der Waals surface area (Å²) in [6, 6.07) is 67.1. The number of para-hydroxylation sites is 3. The van der Waals surface area contributed by atoms with Gasteiger partial charge in [0, 0.05) is 68.5 Å². The lowest BCUT2D eigenvalue weighted by Crippen LogP contribution is -2.35. The highest BCUT2D eigenvalue weighted by Gasteiger charge is 2.37. The van der Waals surface area contributed by atoms with Gasteiger partial charge in [-0.2, -0.15) is 0 Å². The van der Waals surface area contributed by atoms with Crippen molar-refractivity contribution < 1.29 is 19.1 Å². The summed E-state index contributed by atoms with van der Waals surface area (Å²) in [5.74, 6) is 3.75. The first-order valence-electron chi connectivity index (χ1n) is 40.4. The number of likely N-dealkylation sites (tertiary alicyclic amines) is 4. The first-order chi connectivity index (χ1) is 53.1. The van der Waals surface area contributed by atoms with Crippen LogP contribution in [0.4, 0.5) is 11.4 Å². The van der Waals surface area contributed by atoms with Crippen LogP contribution in [0, 0.1) is 23.7 Å². The highest BCUT2D eigenvalue weighted by molar-refractivity contribution is 6.11. The zero-order valence-corrected chi connectivity index (χ0v) is 63.3. The number of hydrogen-bond donors (Lipinski definition) is 2. The topological polar surface area (TPSA) is 160 Å². The maximum absolute atomic E-state index is 13.9. The summed E-state index contributed by atoms with van der Waals surface area (Å²) in [6.45, 7) is 21.1. The van der Waals surface area contributed by atoms with Gasteiger partial charge in [0.25, 0.3) is 17.7 Å². The molecule has 3 amide bonds.